The van der Waals surface area contributed by atoms with E-state index in [1.165, 1.54) is 6.20 Å². The number of aromatic carboxylic acids is 1. The normalized spacial score (nSPS) is 10.9. The molecule has 6 nitrogen and oxygen atoms in total. The summed E-state index contributed by atoms with van der Waals surface area (Å²) in [4.78, 5) is 25.8. The Hall–Kier alpha value is -1.63. The quantitative estimate of drug-likeness (QED) is 0.738. The van der Waals surface area contributed by atoms with Crippen LogP contribution in [0.4, 0.5) is 9.93 Å². The summed E-state index contributed by atoms with van der Waals surface area (Å²) < 4.78 is 0. The number of urea groups is 1. The molecule has 0 saturated heterocycles. The van der Waals surface area contributed by atoms with Crippen LogP contribution in [-0.4, -0.2) is 27.6 Å². The summed E-state index contributed by atoms with van der Waals surface area (Å²) in [5.41, 5.74) is -0.350. The Morgan fingerprint density at radius 2 is 2.06 bits per heavy atom. The van der Waals surface area contributed by atoms with Gasteiger partial charge in [0, 0.05) is 5.54 Å². The highest BCUT2D eigenvalue weighted by Crippen LogP contribution is 2.17. The van der Waals surface area contributed by atoms with Gasteiger partial charge in [0.25, 0.3) is 0 Å². The van der Waals surface area contributed by atoms with E-state index >= 15 is 0 Å². The number of nitrogens with zero attached hydrogens (tertiary/aromatic N) is 1. The Balaban J connectivity index is 2.60. The first-order chi connectivity index (χ1) is 7.28. The van der Waals surface area contributed by atoms with Crippen LogP contribution in [0, 0.1) is 0 Å². The number of hydrogen-bond donors (Lipinski definition) is 3. The second-order valence-electron chi connectivity index (χ2n) is 4.16. The molecule has 0 aliphatic carbocycles. The van der Waals surface area contributed by atoms with Crippen LogP contribution in [0.5, 0.6) is 0 Å². The molecule has 1 aromatic heterocycles. The van der Waals surface area contributed by atoms with E-state index in [1.54, 1.807) is 0 Å². The van der Waals surface area contributed by atoms with Crippen molar-refractivity contribution in [3.8, 4) is 0 Å². The van der Waals surface area contributed by atoms with Crippen molar-refractivity contribution in [2.45, 2.75) is 26.3 Å². The summed E-state index contributed by atoms with van der Waals surface area (Å²) in [5.74, 6) is -1.05. The van der Waals surface area contributed by atoms with E-state index in [0.717, 1.165) is 11.3 Å². The first-order valence-electron chi connectivity index (χ1n) is 4.56. The van der Waals surface area contributed by atoms with E-state index in [1.807, 2.05) is 20.8 Å². The second-order valence-corrected chi connectivity index (χ2v) is 5.19. The minimum atomic E-state index is -1.05. The molecule has 0 atom stereocenters. The van der Waals surface area contributed by atoms with Crippen molar-refractivity contribution in [3.63, 3.8) is 0 Å². The van der Waals surface area contributed by atoms with E-state index in [0.29, 0.717) is 0 Å². The maximum Gasteiger partial charge on any atom is 0.347 e. The maximum absolute atomic E-state index is 11.4. The Morgan fingerprint density at radius 3 is 2.50 bits per heavy atom. The number of carboxylic acids is 1. The Labute approximate surface area is 96.7 Å². The summed E-state index contributed by atoms with van der Waals surface area (Å²) in [6.45, 7) is 5.53. The highest BCUT2D eigenvalue weighted by atomic mass is 32.1. The molecule has 16 heavy (non-hydrogen) atoms. The van der Waals surface area contributed by atoms with Crippen LogP contribution in [0.15, 0.2) is 6.20 Å². The molecular weight excluding hydrogens is 230 g/mol. The lowest BCUT2D eigenvalue weighted by Gasteiger charge is -2.19. The predicted octanol–water partition coefficient (Wildman–Crippen LogP) is 1.76. The van der Waals surface area contributed by atoms with Gasteiger partial charge in [-0.1, -0.05) is 11.3 Å². The standard InChI is InChI=1S/C9H13N3O3S/c1-9(2,3)12-7(15)11-8-10-4-5(16-8)6(13)14/h4H,1-3H3,(H,13,14)(H2,10,11,12,15). The van der Waals surface area contributed by atoms with Crippen LogP contribution in [0.3, 0.4) is 0 Å². The number of anilines is 1. The topological polar surface area (TPSA) is 91.3 Å². The Bertz CT molecular complexity index is 408. The zero-order chi connectivity index (χ0) is 12.3. The van der Waals surface area contributed by atoms with Crippen molar-refractivity contribution in [1.29, 1.82) is 0 Å². The molecule has 0 radical (unpaired) electrons. The third-order valence-corrected chi connectivity index (χ3v) is 2.33. The van der Waals surface area contributed by atoms with Gasteiger partial charge in [-0.2, -0.15) is 0 Å². The van der Waals surface area contributed by atoms with Crippen molar-refractivity contribution in [2.24, 2.45) is 0 Å². The van der Waals surface area contributed by atoms with Crippen LogP contribution in [-0.2, 0) is 0 Å². The van der Waals surface area contributed by atoms with Gasteiger partial charge in [-0.15, -0.1) is 0 Å². The predicted molar refractivity (Wildman–Crippen MR) is 61.0 cm³/mol. The van der Waals surface area contributed by atoms with Gasteiger partial charge in [0.15, 0.2) is 5.13 Å². The van der Waals surface area contributed by atoms with Gasteiger partial charge >= 0.3 is 12.0 Å². The highest BCUT2D eigenvalue weighted by molar-refractivity contribution is 7.17. The molecule has 0 saturated carbocycles. The lowest BCUT2D eigenvalue weighted by Crippen LogP contribution is -2.43. The molecule has 7 heteroatoms. The first kappa shape index (κ1) is 12.4. The van der Waals surface area contributed by atoms with Gasteiger partial charge in [0.1, 0.15) is 4.88 Å². The highest BCUT2D eigenvalue weighted by Gasteiger charge is 2.15. The van der Waals surface area contributed by atoms with Crippen molar-refractivity contribution in [2.75, 3.05) is 5.32 Å². The third kappa shape index (κ3) is 3.85. The minimum absolute atomic E-state index is 0.0889. The maximum atomic E-state index is 11.4. The van der Waals surface area contributed by atoms with Crippen molar-refractivity contribution >= 4 is 28.5 Å². The number of rotatable bonds is 2. The number of hydrogen-bond acceptors (Lipinski definition) is 4. The number of carbonyl (C=O) groups excluding carboxylic acids is 1. The monoisotopic (exact) mass is 243 g/mol. The molecule has 0 bridgehead atoms. The molecule has 0 unspecified atom stereocenters. The molecule has 0 aromatic carbocycles. The fourth-order valence-corrected chi connectivity index (χ4v) is 1.55. The van der Waals surface area contributed by atoms with Crippen molar-refractivity contribution in [1.82, 2.24) is 10.3 Å². The first-order valence-corrected chi connectivity index (χ1v) is 5.38. The largest absolute Gasteiger partial charge is 0.477 e. The molecule has 1 rings (SSSR count). The number of carboxylic acid groups (broad SMARTS) is 1. The molecule has 0 aliphatic rings. The number of thiazole rings is 1. The lowest BCUT2D eigenvalue weighted by molar-refractivity contribution is 0.0702. The average molecular weight is 243 g/mol. The van der Waals surface area contributed by atoms with E-state index in [4.69, 9.17) is 5.11 Å². The van der Waals surface area contributed by atoms with E-state index in [2.05, 4.69) is 15.6 Å². The number of aromatic nitrogens is 1. The molecular formula is C9H13N3O3S. The summed E-state index contributed by atoms with van der Waals surface area (Å²) in [6.07, 6.45) is 1.21. The van der Waals surface area contributed by atoms with Gasteiger partial charge in [-0.25, -0.2) is 14.6 Å². The molecule has 2 amide bonds. The molecule has 0 fully saturated rings. The number of nitrogens with one attached hydrogen (secondary N) is 2. The summed E-state index contributed by atoms with van der Waals surface area (Å²) in [7, 11) is 0. The fraction of sp³-hybridized carbons (Fsp3) is 0.444. The van der Waals surface area contributed by atoms with Gasteiger partial charge in [-0.3, -0.25) is 5.32 Å². The second kappa shape index (κ2) is 4.48. The van der Waals surface area contributed by atoms with Gasteiger partial charge in [0.05, 0.1) is 6.20 Å². The van der Waals surface area contributed by atoms with E-state index < -0.39 is 12.0 Å². The molecule has 1 aromatic rings. The minimum Gasteiger partial charge on any atom is -0.477 e. The Morgan fingerprint density at radius 1 is 1.44 bits per heavy atom. The van der Waals surface area contributed by atoms with E-state index in [-0.39, 0.29) is 15.5 Å². The number of amides is 2. The Kier molecular flexibility index (Phi) is 3.48. The molecule has 0 spiro atoms. The number of carbonyl (C=O) groups is 2. The smallest absolute Gasteiger partial charge is 0.347 e. The van der Waals surface area contributed by atoms with Crippen molar-refractivity contribution < 1.29 is 14.7 Å². The van der Waals surface area contributed by atoms with Crippen LogP contribution < -0.4 is 10.6 Å². The zero-order valence-corrected chi connectivity index (χ0v) is 10.0. The lowest BCUT2D eigenvalue weighted by atomic mass is 10.1. The molecule has 88 valence electrons. The summed E-state index contributed by atoms with van der Waals surface area (Å²) in [6, 6.07) is -0.404. The van der Waals surface area contributed by atoms with E-state index in [9.17, 15) is 9.59 Å². The van der Waals surface area contributed by atoms with Gasteiger partial charge in [-0.05, 0) is 20.8 Å². The van der Waals surface area contributed by atoms with Crippen molar-refractivity contribution in [3.05, 3.63) is 11.1 Å². The van der Waals surface area contributed by atoms with Crippen LogP contribution >= 0.6 is 11.3 Å². The SMILES string of the molecule is CC(C)(C)NC(=O)Nc1ncc(C(=O)O)s1. The zero-order valence-electron chi connectivity index (χ0n) is 9.20. The van der Waals surface area contributed by atoms with Gasteiger partial charge in [0.2, 0.25) is 0 Å². The molecule has 1 heterocycles. The van der Waals surface area contributed by atoms with Gasteiger partial charge < -0.3 is 10.4 Å². The third-order valence-electron chi connectivity index (χ3n) is 1.43. The molecule has 0 aliphatic heterocycles. The van der Waals surface area contributed by atoms with Crippen LogP contribution in [0.25, 0.3) is 0 Å². The van der Waals surface area contributed by atoms with Crippen LogP contribution in [0.1, 0.15) is 30.4 Å². The fourth-order valence-electron chi connectivity index (χ4n) is 0.900. The summed E-state index contributed by atoms with van der Waals surface area (Å²) in [5, 5.41) is 14.1. The van der Waals surface area contributed by atoms with Crippen LogP contribution in [0.2, 0.25) is 0 Å². The summed E-state index contributed by atoms with van der Waals surface area (Å²) >= 11 is 0.913. The molecule has 3 N–H and O–H groups in total. The average Bonchev–Trinajstić information content (AvgIpc) is 2.48.